The average Bonchev–Trinajstić information content (AvgIpc) is 3.00. The van der Waals surface area contributed by atoms with Gasteiger partial charge in [-0.15, -0.1) is 0 Å². The molecule has 1 N–H and O–H groups in total. The largest absolute Gasteiger partial charge is 0.476 e. The van der Waals surface area contributed by atoms with E-state index >= 15 is 0 Å². The van der Waals surface area contributed by atoms with Crippen LogP contribution in [0, 0.1) is 0 Å². The second-order valence-electron chi connectivity index (χ2n) is 4.76. The standard InChI is InChI=1S/C13H13FN4O4/c14-8-6-18(13-17-9(7-21-13)11(19)20)5-2-10(8)22-12-15-3-1-4-16-12/h1,3-4,7-8,10H,2,5-6H2,(H,19,20)/t8-,10+/m1/s1. The summed E-state index contributed by atoms with van der Waals surface area (Å²) in [6.45, 7) is 0.425. The van der Waals surface area contributed by atoms with E-state index in [2.05, 4.69) is 15.0 Å². The van der Waals surface area contributed by atoms with Crippen LogP contribution in [0.5, 0.6) is 6.01 Å². The van der Waals surface area contributed by atoms with Gasteiger partial charge in [0.25, 0.3) is 6.01 Å². The van der Waals surface area contributed by atoms with Gasteiger partial charge in [0.2, 0.25) is 0 Å². The van der Waals surface area contributed by atoms with E-state index in [1.807, 2.05) is 0 Å². The lowest BCUT2D eigenvalue weighted by Crippen LogP contribution is -2.47. The molecule has 3 rings (SSSR count). The first-order chi connectivity index (χ1) is 10.6. The van der Waals surface area contributed by atoms with Crippen molar-refractivity contribution in [2.75, 3.05) is 18.0 Å². The molecule has 0 saturated carbocycles. The Kier molecular flexibility index (Phi) is 3.86. The third-order valence-electron chi connectivity index (χ3n) is 3.26. The van der Waals surface area contributed by atoms with E-state index in [-0.39, 0.29) is 24.3 Å². The van der Waals surface area contributed by atoms with Crippen LogP contribution in [0.1, 0.15) is 16.9 Å². The number of aromatic carboxylic acids is 1. The molecule has 0 aromatic carbocycles. The summed E-state index contributed by atoms with van der Waals surface area (Å²) in [5.74, 6) is -1.19. The van der Waals surface area contributed by atoms with Gasteiger partial charge in [0.15, 0.2) is 11.9 Å². The zero-order chi connectivity index (χ0) is 15.5. The highest BCUT2D eigenvalue weighted by Gasteiger charge is 2.33. The number of piperidine rings is 1. The maximum absolute atomic E-state index is 14.2. The fourth-order valence-corrected chi connectivity index (χ4v) is 2.18. The molecule has 0 unspecified atom stereocenters. The molecule has 2 aromatic rings. The second kappa shape index (κ2) is 5.96. The van der Waals surface area contributed by atoms with Crippen LogP contribution in [0.25, 0.3) is 0 Å². The molecule has 1 saturated heterocycles. The van der Waals surface area contributed by atoms with Crippen LogP contribution in [0.15, 0.2) is 29.1 Å². The molecule has 9 heteroatoms. The molecule has 2 aromatic heterocycles. The van der Waals surface area contributed by atoms with Crippen molar-refractivity contribution in [1.29, 1.82) is 0 Å². The minimum atomic E-state index is -1.29. The van der Waals surface area contributed by atoms with Crippen LogP contribution < -0.4 is 9.64 Å². The minimum Gasteiger partial charge on any atom is -0.476 e. The first-order valence-electron chi connectivity index (χ1n) is 6.65. The van der Waals surface area contributed by atoms with Crippen LogP contribution in [0.3, 0.4) is 0 Å². The molecule has 22 heavy (non-hydrogen) atoms. The summed E-state index contributed by atoms with van der Waals surface area (Å²) >= 11 is 0. The van der Waals surface area contributed by atoms with Crippen molar-refractivity contribution in [3.8, 4) is 6.01 Å². The Morgan fingerprint density at radius 3 is 2.86 bits per heavy atom. The summed E-state index contributed by atoms with van der Waals surface area (Å²) in [5.41, 5.74) is -0.207. The summed E-state index contributed by atoms with van der Waals surface area (Å²) in [6, 6.07) is 1.87. The molecule has 0 spiro atoms. The van der Waals surface area contributed by atoms with E-state index in [0.29, 0.717) is 13.0 Å². The Hall–Kier alpha value is -2.71. The van der Waals surface area contributed by atoms with Crippen molar-refractivity contribution in [3.63, 3.8) is 0 Å². The number of alkyl halides is 1. The van der Waals surface area contributed by atoms with Gasteiger partial charge < -0.3 is 19.2 Å². The highest BCUT2D eigenvalue weighted by atomic mass is 19.1. The molecular weight excluding hydrogens is 295 g/mol. The summed E-state index contributed by atoms with van der Waals surface area (Å²) in [4.78, 5) is 23.9. The molecule has 8 nitrogen and oxygen atoms in total. The van der Waals surface area contributed by atoms with E-state index in [1.54, 1.807) is 11.0 Å². The molecule has 1 aliphatic rings. The topological polar surface area (TPSA) is 102 Å². The van der Waals surface area contributed by atoms with Gasteiger partial charge in [0.1, 0.15) is 12.4 Å². The monoisotopic (exact) mass is 308 g/mol. The number of nitrogens with zero attached hydrogens (tertiary/aromatic N) is 4. The quantitative estimate of drug-likeness (QED) is 0.897. The van der Waals surface area contributed by atoms with Crippen molar-refractivity contribution in [3.05, 3.63) is 30.4 Å². The number of hydrogen-bond acceptors (Lipinski definition) is 7. The average molecular weight is 308 g/mol. The molecule has 0 bridgehead atoms. The van der Waals surface area contributed by atoms with Crippen LogP contribution in [-0.4, -0.2) is 51.4 Å². The number of hydrogen-bond donors (Lipinski definition) is 1. The number of carboxylic acids is 1. The summed E-state index contributed by atoms with van der Waals surface area (Å²) in [7, 11) is 0. The Bertz CT molecular complexity index is 650. The Balaban J connectivity index is 1.63. The van der Waals surface area contributed by atoms with E-state index in [1.165, 1.54) is 12.4 Å². The number of anilines is 1. The molecule has 3 heterocycles. The lowest BCUT2D eigenvalue weighted by atomic mass is 10.1. The number of rotatable bonds is 4. The van der Waals surface area contributed by atoms with Crippen molar-refractivity contribution in [1.82, 2.24) is 15.0 Å². The second-order valence-corrected chi connectivity index (χ2v) is 4.76. The molecule has 2 atom stereocenters. The molecule has 0 radical (unpaired) electrons. The van der Waals surface area contributed by atoms with Crippen molar-refractivity contribution in [2.45, 2.75) is 18.7 Å². The first kappa shape index (κ1) is 14.2. The van der Waals surface area contributed by atoms with Gasteiger partial charge in [0.05, 0.1) is 6.54 Å². The van der Waals surface area contributed by atoms with Gasteiger partial charge in [-0.25, -0.2) is 19.2 Å². The van der Waals surface area contributed by atoms with E-state index in [4.69, 9.17) is 14.3 Å². The maximum atomic E-state index is 14.2. The lowest BCUT2D eigenvalue weighted by molar-refractivity contribution is 0.0689. The van der Waals surface area contributed by atoms with Gasteiger partial charge in [-0.3, -0.25) is 0 Å². The fourth-order valence-electron chi connectivity index (χ4n) is 2.18. The lowest BCUT2D eigenvalue weighted by Gasteiger charge is -2.33. The summed E-state index contributed by atoms with van der Waals surface area (Å²) in [6.07, 6.45) is 2.50. The molecule has 116 valence electrons. The highest BCUT2D eigenvalue weighted by molar-refractivity contribution is 5.85. The van der Waals surface area contributed by atoms with Crippen molar-refractivity contribution in [2.24, 2.45) is 0 Å². The maximum Gasteiger partial charge on any atom is 0.357 e. The van der Waals surface area contributed by atoms with Gasteiger partial charge in [-0.2, -0.15) is 4.98 Å². The van der Waals surface area contributed by atoms with Crippen LogP contribution >= 0.6 is 0 Å². The summed E-state index contributed by atoms with van der Waals surface area (Å²) < 4.78 is 24.7. The Morgan fingerprint density at radius 1 is 1.45 bits per heavy atom. The van der Waals surface area contributed by atoms with Crippen molar-refractivity contribution >= 4 is 12.0 Å². The van der Waals surface area contributed by atoms with Gasteiger partial charge in [0, 0.05) is 25.4 Å². The SMILES string of the molecule is O=C(O)c1coc(N2CC[C@H](Oc3ncccn3)[C@H](F)C2)n1. The van der Waals surface area contributed by atoms with Crippen LogP contribution in [-0.2, 0) is 0 Å². The number of carboxylic acid groups (broad SMARTS) is 1. The van der Waals surface area contributed by atoms with E-state index in [0.717, 1.165) is 6.26 Å². The first-order valence-corrected chi connectivity index (χ1v) is 6.65. The molecule has 1 aliphatic heterocycles. The zero-order valence-corrected chi connectivity index (χ0v) is 11.4. The molecule has 0 aliphatic carbocycles. The van der Waals surface area contributed by atoms with Crippen LogP contribution in [0.4, 0.5) is 10.4 Å². The fraction of sp³-hybridized carbons (Fsp3) is 0.385. The third kappa shape index (κ3) is 2.97. The number of carbonyl (C=O) groups is 1. The van der Waals surface area contributed by atoms with Gasteiger partial charge in [-0.05, 0) is 6.07 Å². The number of ether oxygens (including phenoxy) is 1. The Morgan fingerprint density at radius 2 is 2.23 bits per heavy atom. The highest BCUT2D eigenvalue weighted by Crippen LogP contribution is 2.23. The van der Waals surface area contributed by atoms with Gasteiger partial charge >= 0.3 is 12.0 Å². The zero-order valence-electron chi connectivity index (χ0n) is 11.4. The predicted octanol–water partition coefficient (Wildman–Crippen LogP) is 1.16. The number of halogens is 1. The third-order valence-corrected chi connectivity index (χ3v) is 3.26. The molecular formula is C13H13FN4O4. The van der Waals surface area contributed by atoms with E-state index < -0.39 is 18.2 Å². The summed E-state index contributed by atoms with van der Waals surface area (Å²) in [5, 5.41) is 8.81. The molecule has 0 amide bonds. The predicted molar refractivity (Wildman–Crippen MR) is 71.6 cm³/mol. The van der Waals surface area contributed by atoms with Gasteiger partial charge in [-0.1, -0.05) is 0 Å². The van der Waals surface area contributed by atoms with Crippen LogP contribution in [0.2, 0.25) is 0 Å². The normalized spacial score (nSPS) is 21.6. The minimum absolute atomic E-state index is 0.00290. The smallest absolute Gasteiger partial charge is 0.357 e. The van der Waals surface area contributed by atoms with Crippen molar-refractivity contribution < 1.29 is 23.4 Å². The Labute approximate surface area is 124 Å². The number of oxazole rings is 1. The molecule has 1 fully saturated rings. The van der Waals surface area contributed by atoms with E-state index in [9.17, 15) is 9.18 Å². The number of aromatic nitrogens is 3.